The summed E-state index contributed by atoms with van der Waals surface area (Å²) in [6, 6.07) is 24.6. The second-order valence-electron chi connectivity index (χ2n) is 10.1. The zero-order valence-corrected chi connectivity index (χ0v) is 24.1. The van der Waals surface area contributed by atoms with Crippen LogP contribution >= 0.6 is 22.9 Å². The molecule has 1 aliphatic carbocycles. The molecule has 0 spiro atoms. The molecule has 8 nitrogen and oxygen atoms in total. The van der Waals surface area contributed by atoms with E-state index in [1.165, 1.54) is 5.69 Å². The van der Waals surface area contributed by atoms with Gasteiger partial charge in [0, 0.05) is 85.2 Å². The number of hydrogen-bond donors (Lipinski definition) is 2. The van der Waals surface area contributed by atoms with E-state index in [0.717, 1.165) is 68.9 Å². The van der Waals surface area contributed by atoms with Crippen molar-refractivity contribution in [2.24, 2.45) is 0 Å². The van der Waals surface area contributed by atoms with E-state index in [4.69, 9.17) is 5.26 Å². The smallest absolute Gasteiger partial charge is 0.322 e. The van der Waals surface area contributed by atoms with Gasteiger partial charge in [-0.2, -0.15) is 5.26 Å². The summed E-state index contributed by atoms with van der Waals surface area (Å²) in [5, 5.41) is 15.7. The molecule has 2 aliphatic rings. The Kier molecular flexibility index (Phi) is 9.16. The number of anilines is 3. The Balaban J connectivity index is 1.27. The summed E-state index contributed by atoms with van der Waals surface area (Å²) in [4.78, 5) is 22.4. The maximum Gasteiger partial charge on any atom is 0.322 e. The van der Waals surface area contributed by atoms with E-state index in [1.54, 1.807) is 12.3 Å². The van der Waals surface area contributed by atoms with Gasteiger partial charge in [0.15, 0.2) is 0 Å². The van der Waals surface area contributed by atoms with Crippen LogP contribution < -0.4 is 20.4 Å². The largest absolute Gasteiger partial charge is 0.369 e. The molecule has 0 unspecified atom stereocenters. The van der Waals surface area contributed by atoms with Gasteiger partial charge in [-0.05, 0) is 67.6 Å². The Morgan fingerprint density at radius 3 is 2.33 bits per heavy atom. The van der Waals surface area contributed by atoms with E-state index in [0.29, 0.717) is 12.1 Å². The van der Waals surface area contributed by atoms with Crippen LogP contribution in [0.15, 0.2) is 72.9 Å². The Morgan fingerprint density at radius 1 is 0.974 bits per heavy atom. The van der Waals surface area contributed by atoms with E-state index in [9.17, 15) is 4.79 Å². The molecule has 1 aliphatic heterocycles. The summed E-state index contributed by atoms with van der Waals surface area (Å²) in [5.74, 6) is 0.786. The predicted octanol–water partition coefficient (Wildman–Crippen LogP) is 5.56. The SMILES string of the molecule is N#Cc1ccc(NC2CCC(N(C(=O)NCc3ccccc3)c3ccc(N4CCN(I)CC4)cc3)CC2)nc1. The van der Waals surface area contributed by atoms with E-state index in [-0.39, 0.29) is 18.1 Å². The van der Waals surface area contributed by atoms with Gasteiger partial charge >= 0.3 is 6.03 Å². The summed E-state index contributed by atoms with van der Waals surface area (Å²) >= 11 is 2.39. The third-order valence-electron chi connectivity index (χ3n) is 7.53. The van der Waals surface area contributed by atoms with E-state index >= 15 is 0 Å². The van der Waals surface area contributed by atoms with Crippen LogP contribution in [-0.4, -0.2) is 52.4 Å². The van der Waals surface area contributed by atoms with Crippen LogP contribution in [-0.2, 0) is 6.54 Å². The summed E-state index contributed by atoms with van der Waals surface area (Å²) in [6.45, 7) is 4.61. The van der Waals surface area contributed by atoms with Crippen LogP contribution in [0.1, 0.15) is 36.8 Å². The first-order valence-corrected chi connectivity index (χ1v) is 14.5. The van der Waals surface area contributed by atoms with Crippen molar-refractivity contribution in [2.45, 2.75) is 44.3 Å². The summed E-state index contributed by atoms with van der Waals surface area (Å²) < 4.78 is 2.32. The summed E-state index contributed by atoms with van der Waals surface area (Å²) in [5.41, 5.74) is 3.77. The number of carbonyl (C=O) groups is 1. The molecule has 0 radical (unpaired) electrons. The average molecular weight is 636 g/mol. The molecular weight excluding hydrogens is 601 g/mol. The predicted molar refractivity (Wildman–Crippen MR) is 164 cm³/mol. The highest BCUT2D eigenvalue weighted by Gasteiger charge is 2.30. The van der Waals surface area contributed by atoms with Gasteiger partial charge in [0.25, 0.3) is 0 Å². The van der Waals surface area contributed by atoms with Gasteiger partial charge in [-0.15, -0.1) is 0 Å². The van der Waals surface area contributed by atoms with Crippen molar-refractivity contribution < 1.29 is 4.79 Å². The van der Waals surface area contributed by atoms with Crippen molar-refractivity contribution >= 4 is 46.1 Å². The summed E-state index contributed by atoms with van der Waals surface area (Å²) in [7, 11) is 0. The topological polar surface area (TPSA) is 87.5 Å². The zero-order chi connectivity index (χ0) is 27.0. The quantitative estimate of drug-likeness (QED) is 0.261. The van der Waals surface area contributed by atoms with Gasteiger partial charge in [-0.1, -0.05) is 30.3 Å². The van der Waals surface area contributed by atoms with Crippen LogP contribution in [0, 0.1) is 11.3 Å². The number of carbonyl (C=O) groups excluding carboxylic acids is 1. The molecule has 2 aromatic carbocycles. The number of amides is 2. The number of urea groups is 1. The van der Waals surface area contributed by atoms with Gasteiger partial charge in [-0.25, -0.2) is 12.9 Å². The first kappa shape index (κ1) is 27.2. The van der Waals surface area contributed by atoms with Gasteiger partial charge in [-0.3, -0.25) is 4.90 Å². The van der Waals surface area contributed by atoms with Gasteiger partial charge in [0.1, 0.15) is 11.9 Å². The molecule has 9 heteroatoms. The number of benzene rings is 2. The number of aromatic nitrogens is 1. The van der Waals surface area contributed by atoms with Crippen molar-refractivity contribution in [3.05, 3.63) is 84.1 Å². The van der Waals surface area contributed by atoms with Crippen molar-refractivity contribution in [1.29, 1.82) is 5.26 Å². The van der Waals surface area contributed by atoms with Crippen molar-refractivity contribution in [2.75, 3.05) is 41.3 Å². The number of hydrogen-bond acceptors (Lipinski definition) is 6. The minimum Gasteiger partial charge on any atom is -0.369 e. The molecular formula is C30H34IN7O. The van der Waals surface area contributed by atoms with Crippen LogP contribution in [0.3, 0.4) is 0 Å². The second kappa shape index (κ2) is 13.1. The number of nitriles is 1. The van der Waals surface area contributed by atoms with Gasteiger partial charge in [0.05, 0.1) is 5.56 Å². The molecule has 2 fully saturated rings. The monoisotopic (exact) mass is 635 g/mol. The molecule has 2 amide bonds. The minimum atomic E-state index is -0.0599. The number of pyridine rings is 1. The van der Waals surface area contributed by atoms with Gasteiger partial charge < -0.3 is 15.5 Å². The van der Waals surface area contributed by atoms with E-state index in [1.807, 2.05) is 41.3 Å². The Bertz CT molecular complexity index is 1250. The molecule has 1 saturated carbocycles. The fourth-order valence-corrected chi connectivity index (χ4v) is 5.78. The Hall–Kier alpha value is -3.36. The maximum atomic E-state index is 13.6. The molecule has 2 heterocycles. The minimum absolute atomic E-state index is 0.0599. The summed E-state index contributed by atoms with van der Waals surface area (Å²) in [6.07, 6.45) is 5.26. The van der Waals surface area contributed by atoms with Gasteiger partial charge in [0.2, 0.25) is 0 Å². The number of halogens is 1. The lowest BCUT2D eigenvalue weighted by molar-refractivity contribution is 0.240. The molecule has 202 valence electrons. The Morgan fingerprint density at radius 2 is 1.69 bits per heavy atom. The van der Waals surface area contributed by atoms with E-state index in [2.05, 4.69) is 76.8 Å². The highest BCUT2D eigenvalue weighted by atomic mass is 127. The normalized spacial score (nSPS) is 19.6. The van der Waals surface area contributed by atoms with Crippen LogP contribution in [0.25, 0.3) is 0 Å². The maximum absolute atomic E-state index is 13.6. The molecule has 1 aromatic heterocycles. The van der Waals surface area contributed by atoms with Crippen LogP contribution in [0.4, 0.5) is 22.0 Å². The second-order valence-corrected chi connectivity index (χ2v) is 11.5. The molecule has 0 atom stereocenters. The number of nitrogens with one attached hydrogen (secondary N) is 2. The van der Waals surface area contributed by atoms with Crippen LogP contribution in [0.2, 0.25) is 0 Å². The third kappa shape index (κ3) is 7.19. The van der Waals surface area contributed by atoms with Crippen molar-refractivity contribution in [3.63, 3.8) is 0 Å². The zero-order valence-electron chi connectivity index (χ0n) is 22.0. The lowest BCUT2D eigenvalue weighted by Gasteiger charge is -2.38. The first-order chi connectivity index (χ1) is 19.1. The van der Waals surface area contributed by atoms with Crippen molar-refractivity contribution in [1.82, 2.24) is 13.4 Å². The molecule has 5 rings (SSSR count). The molecule has 2 N–H and O–H groups in total. The number of nitrogens with zero attached hydrogens (tertiary/aromatic N) is 5. The highest BCUT2D eigenvalue weighted by molar-refractivity contribution is 14.1. The Labute approximate surface area is 244 Å². The number of piperazine rings is 1. The molecule has 39 heavy (non-hydrogen) atoms. The first-order valence-electron chi connectivity index (χ1n) is 13.6. The fraction of sp³-hybridized carbons (Fsp3) is 0.367. The molecule has 3 aromatic rings. The number of rotatable bonds is 7. The highest BCUT2D eigenvalue weighted by Crippen LogP contribution is 2.31. The lowest BCUT2D eigenvalue weighted by atomic mass is 9.90. The molecule has 1 saturated heterocycles. The third-order valence-corrected chi connectivity index (χ3v) is 8.49. The molecule has 0 bridgehead atoms. The van der Waals surface area contributed by atoms with E-state index < -0.39 is 0 Å². The van der Waals surface area contributed by atoms with Crippen LogP contribution in [0.5, 0.6) is 0 Å². The lowest BCUT2D eigenvalue weighted by Crippen LogP contribution is -2.48. The standard InChI is InChI=1S/C30H34IN7O/c31-37-18-16-36(17-19-37)26-11-13-28(14-12-26)38(30(39)34-21-23-4-2-1-3-5-23)27-9-7-25(8-10-27)35-29-15-6-24(20-32)22-33-29/h1-6,11-15,22,25,27H,7-10,16-19,21H2,(H,33,35)(H,34,39). The average Bonchev–Trinajstić information content (AvgIpc) is 2.99. The van der Waals surface area contributed by atoms with Crippen molar-refractivity contribution in [3.8, 4) is 6.07 Å². The fourth-order valence-electron chi connectivity index (χ4n) is 5.35.